The molecule has 0 aromatic heterocycles. The Balaban J connectivity index is 0.000000319. The van der Waals surface area contributed by atoms with Crippen molar-refractivity contribution in [3.63, 3.8) is 0 Å². The summed E-state index contributed by atoms with van der Waals surface area (Å²) in [6.07, 6.45) is 0.490. The molecule has 0 aliphatic heterocycles. The lowest BCUT2D eigenvalue weighted by Gasteiger charge is -2.15. The van der Waals surface area contributed by atoms with Gasteiger partial charge in [-0.2, -0.15) is 0 Å². The minimum Gasteiger partial charge on any atom is -0.497 e. The van der Waals surface area contributed by atoms with Crippen LogP contribution < -0.4 is 37.5 Å². The van der Waals surface area contributed by atoms with Crippen molar-refractivity contribution in [1.29, 1.82) is 0 Å². The summed E-state index contributed by atoms with van der Waals surface area (Å²) in [6.45, 7) is 12.2. The first-order valence-corrected chi connectivity index (χ1v) is 20.3. The number of fused-ring (bicyclic) bond motifs is 1. The third-order valence-electron chi connectivity index (χ3n) is 8.70. The molecule has 0 spiro atoms. The van der Waals surface area contributed by atoms with Gasteiger partial charge in [0.2, 0.25) is 17.7 Å². The molecule has 14 nitrogen and oxygen atoms in total. The Bertz CT molecular complexity index is 2090. The van der Waals surface area contributed by atoms with E-state index in [9.17, 15) is 28.8 Å². The van der Waals surface area contributed by atoms with Crippen LogP contribution in [-0.2, 0) is 14.4 Å². The van der Waals surface area contributed by atoms with Gasteiger partial charge in [0.05, 0.1) is 26.7 Å². The Morgan fingerprint density at radius 3 is 1.68 bits per heavy atom. The topological polar surface area (TPSA) is 232 Å². The molecule has 4 aromatic rings. The highest BCUT2D eigenvalue weighted by Gasteiger charge is 2.18. The second-order valence-corrected chi connectivity index (χ2v) is 15.6. The molecule has 0 heterocycles. The molecule has 9 N–H and O–H groups in total. The number of aliphatic hydroxyl groups excluding tert-OH is 1. The van der Waals surface area contributed by atoms with E-state index < -0.39 is 11.8 Å². The molecule has 0 radical (unpaired) electrons. The van der Waals surface area contributed by atoms with E-state index in [1.165, 1.54) is 0 Å². The van der Waals surface area contributed by atoms with Gasteiger partial charge in [0, 0.05) is 33.4 Å². The number of carbonyl (C=O) groups excluding carboxylic acids is 6. The van der Waals surface area contributed by atoms with Crippen LogP contribution in [0.15, 0.2) is 72.8 Å². The van der Waals surface area contributed by atoms with Crippen LogP contribution in [0.4, 0.5) is 0 Å². The highest BCUT2D eigenvalue weighted by Crippen LogP contribution is 2.29. The lowest BCUT2D eigenvalue weighted by molar-refractivity contribution is -0.120. The normalized spacial score (nSPS) is 10.5. The van der Waals surface area contributed by atoms with Crippen molar-refractivity contribution in [2.45, 2.75) is 65.7 Å². The van der Waals surface area contributed by atoms with Crippen molar-refractivity contribution in [3.05, 3.63) is 110 Å². The Morgan fingerprint density at radius 1 is 0.610 bits per heavy atom. The first-order valence-electron chi connectivity index (χ1n) is 19.2. The van der Waals surface area contributed by atoms with E-state index in [-0.39, 0.29) is 67.6 Å². The summed E-state index contributed by atoms with van der Waals surface area (Å²) in [6, 6.07) is 22.6. The van der Waals surface area contributed by atoms with Gasteiger partial charge < -0.3 is 42.6 Å². The minimum absolute atomic E-state index is 0.0188. The van der Waals surface area contributed by atoms with Gasteiger partial charge in [-0.3, -0.25) is 28.8 Å². The Labute approximate surface area is 359 Å². The molecule has 0 atom stereocenters. The van der Waals surface area contributed by atoms with Crippen LogP contribution in [0.25, 0.3) is 10.8 Å². The molecular weight excluding hydrogens is 867 g/mol. The van der Waals surface area contributed by atoms with Crippen molar-refractivity contribution >= 4 is 68.8 Å². The first kappa shape index (κ1) is 49.6. The number of hydrogen-bond acceptors (Lipinski definition) is 8. The van der Waals surface area contributed by atoms with Crippen molar-refractivity contribution in [3.8, 4) is 5.75 Å². The standard InChI is InChI=1S/C20H26N2O4.C12H15IN2O2.C12H16N2O2/c1-13(2)17-10-14-5-6-16(26-3)9-15(14)11-18(17)20(25)22-12-19(24)21-7-4-8-23;1-7(2)9-4-3-8(13)5-10(9)12(17)15-6-11(14)16;1-8(2)9-5-3-4-6-10(9)12(16)14-7-11(13)15/h5-6,9-11,13,23H,4,7-8,12H2,1-3H3,(H,21,24)(H,22,25);3-5,7H,6H2,1-2H3,(H2,14,16)(H,15,17);3-6,8H,7H2,1-2H3,(H2,13,15)(H,14,16). The molecule has 4 aromatic carbocycles. The molecule has 59 heavy (non-hydrogen) atoms. The largest absolute Gasteiger partial charge is 0.497 e. The molecule has 0 unspecified atom stereocenters. The van der Waals surface area contributed by atoms with Crippen molar-refractivity contribution in [2.75, 3.05) is 39.9 Å². The SMILES string of the molecule is CC(C)c1ccc(I)cc1C(=O)NCC(N)=O.CC(C)c1ccccc1C(=O)NCC(N)=O.COc1ccc2cc(C(C)C)c(C(=O)NCC(=O)NCCCO)cc2c1. The highest BCUT2D eigenvalue weighted by molar-refractivity contribution is 14.1. The van der Waals surface area contributed by atoms with Gasteiger partial charge in [-0.1, -0.05) is 77.9 Å². The van der Waals surface area contributed by atoms with Gasteiger partial charge in [-0.15, -0.1) is 0 Å². The van der Waals surface area contributed by atoms with Gasteiger partial charge >= 0.3 is 0 Å². The monoisotopic (exact) mass is 924 g/mol. The van der Waals surface area contributed by atoms with Crippen LogP contribution in [0.1, 0.15) is 113 Å². The molecule has 0 saturated carbocycles. The van der Waals surface area contributed by atoms with Crippen LogP contribution in [0.2, 0.25) is 0 Å². The van der Waals surface area contributed by atoms with Crippen LogP contribution in [0.5, 0.6) is 5.75 Å². The zero-order valence-electron chi connectivity index (χ0n) is 34.7. The third-order valence-corrected chi connectivity index (χ3v) is 9.38. The smallest absolute Gasteiger partial charge is 0.252 e. The summed E-state index contributed by atoms with van der Waals surface area (Å²) in [5.74, 6) is -0.766. The number of ether oxygens (including phenoxy) is 1. The van der Waals surface area contributed by atoms with Crippen LogP contribution in [0, 0.1) is 3.57 Å². The van der Waals surface area contributed by atoms with E-state index in [2.05, 4.69) is 43.9 Å². The molecular formula is C44H57IN6O8. The third kappa shape index (κ3) is 16.7. The van der Waals surface area contributed by atoms with Crippen molar-refractivity contribution < 1.29 is 38.6 Å². The van der Waals surface area contributed by atoms with E-state index in [4.69, 9.17) is 21.3 Å². The predicted octanol–water partition coefficient (Wildman–Crippen LogP) is 4.86. The highest BCUT2D eigenvalue weighted by atomic mass is 127. The van der Waals surface area contributed by atoms with Crippen molar-refractivity contribution in [2.24, 2.45) is 11.5 Å². The maximum Gasteiger partial charge on any atom is 0.252 e. The summed E-state index contributed by atoms with van der Waals surface area (Å²) < 4.78 is 6.24. The molecule has 0 aliphatic rings. The minimum atomic E-state index is -0.546. The van der Waals surface area contributed by atoms with E-state index in [0.29, 0.717) is 29.7 Å². The van der Waals surface area contributed by atoms with Crippen molar-refractivity contribution in [1.82, 2.24) is 21.3 Å². The fourth-order valence-corrected chi connectivity index (χ4v) is 6.17. The van der Waals surface area contributed by atoms with Gasteiger partial charge in [-0.25, -0.2) is 0 Å². The fourth-order valence-electron chi connectivity index (χ4n) is 5.68. The molecule has 0 bridgehead atoms. The second kappa shape index (κ2) is 25.0. The number of carbonyl (C=O) groups is 6. The summed E-state index contributed by atoms with van der Waals surface area (Å²) in [7, 11) is 1.60. The zero-order valence-corrected chi connectivity index (χ0v) is 36.9. The van der Waals surface area contributed by atoms with Gasteiger partial charge in [-0.05, 0) is 111 Å². The quantitative estimate of drug-likeness (QED) is 0.0605. The molecule has 0 aliphatic carbocycles. The van der Waals surface area contributed by atoms with E-state index in [1.807, 2.05) is 102 Å². The average molecular weight is 925 g/mol. The number of halogens is 1. The maximum atomic E-state index is 12.6. The van der Waals surface area contributed by atoms with E-state index >= 15 is 0 Å². The zero-order chi connectivity index (χ0) is 44.2. The average Bonchev–Trinajstić information content (AvgIpc) is 3.20. The number of nitrogens with one attached hydrogen (secondary N) is 4. The number of aliphatic hydroxyl groups is 1. The Kier molecular flexibility index (Phi) is 21.1. The number of rotatable bonds is 16. The number of amides is 6. The number of benzene rings is 4. The predicted molar refractivity (Wildman–Crippen MR) is 238 cm³/mol. The van der Waals surface area contributed by atoms with E-state index in [1.54, 1.807) is 19.2 Å². The first-order chi connectivity index (χ1) is 27.9. The number of primary amides is 2. The molecule has 318 valence electrons. The number of hydrogen-bond donors (Lipinski definition) is 7. The fraction of sp³-hybridized carbons (Fsp3) is 0.364. The number of methoxy groups -OCH3 is 1. The molecule has 0 fully saturated rings. The molecule has 6 amide bonds. The second-order valence-electron chi connectivity index (χ2n) is 14.3. The lowest BCUT2D eigenvalue weighted by Crippen LogP contribution is -2.37. The Morgan fingerprint density at radius 2 is 1.14 bits per heavy atom. The molecule has 15 heteroatoms. The van der Waals surface area contributed by atoms with Gasteiger partial charge in [0.15, 0.2) is 0 Å². The van der Waals surface area contributed by atoms with Crippen LogP contribution >= 0.6 is 22.6 Å². The van der Waals surface area contributed by atoms with Crippen LogP contribution in [0.3, 0.4) is 0 Å². The van der Waals surface area contributed by atoms with E-state index in [0.717, 1.165) is 36.8 Å². The lowest BCUT2D eigenvalue weighted by atomic mass is 9.93. The summed E-state index contributed by atoms with van der Waals surface area (Å²) >= 11 is 2.15. The molecule has 4 rings (SSSR count). The van der Waals surface area contributed by atoms with Crippen LogP contribution in [-0.4, -0.2) is 80.4 Å². The van der Waals surface area contributed by atoms with Gasteiger partial charge in [0.25, 0.3) is 17.7 Å². The summed E-state index contributed by atoms with van der Waals surface area (Å²) in [5.41, 5.74) is 14.6. The van der Waals surface area contributed by atoms with Gasteiger partial charge in [0.1, 0.15) is 5.75 Å². The maximum absolute atomic E-state index is 12.6. The Hall–Kier alpha value is -5.55. The molecule has 0 saturated heterocycles. The number of nitrogens with two attached hydrogens (primary N) is 2. The summed E-state index contributed by atoms with van der Waals surface area (Å²) in [4.78, 5) is 69.2. The summed E-state index contributed by atoms with van der Waals surface area (Å²) in [5, 5.41) is 21.0.